The van der Waals surface area contributed by atoms with Crippen molar-refractivity contribution < 1.29 is 9.18 Å². The van der Waals surface area contributed by atoms with Crippen LogP contribution in [0.15, 0.2) is 18.2 Å². The van der Waals surface area contributed by atoms with Gasteiger partial charge in [0.15, 0.2) is 0 Å². The predicted octanol–water partition coefficient (Wildman–Crippen LogP) is 3.18. The Labute approximate surface area is 113 Å². The van der Waals surface area contributed by atoms with E-state index >= 15 is 0 Å². The number of halogens is 1. The first-order valence-electron chi connectivity index (χ1n) is 6.95. The van der Waals surface area contributed by atoms with Gasteiger partial charge in [0, 0.05) is 12.6 Å². The third-order valence-corrected chi connectivity index (χ3v) is 3.52. The molecule has 4 heteroatoms. The Balaban J connectivity index is 2.09. The lowest BCUT2D eigenvalue weighted by Gasteiger charge is -2.33. The van der Waals surface area contributed by atoms with Gasteiger partial charge in [0.05, 0.1) is 11.3 Å². The summed E-state index contributed by atoms with van der Waals surface area (Å²) in [5, 5.41) is 5.96. The van der Waals surface area contributed by atoms with E-state index in [1.165, 1.54) is 6.07 Å². The van der Waals surface area contributed by atoms with Crippen molar-refractivity contribution >= 4 is 11.6 Å². The van der Waals surface area contributed by atoms with Crippen LogP contribution >= 0.6 is 0 Å². The van der Waals surface area contributed by atoms with Crippen LogP contribution in [-0.2, 0) is 0 Å². The summed E-state index contributed by atoms with van der Waals surface area (Å²) in [4.78, 5) is 12.2. The summed E-state index contributed by atoms with van der Waals surface area (Å²) in [6.07, 6.45) is 2.91. The molecule has 3 nitrogen and oxygen atoms in total. The van der Waals surface area contributed by atoms with Gasteiger partial charge in [0.1, 0.15) is 5.82 Å². The second-order valence-corrected chi connectivity index (χ2v) is 5.34. The van der Waals surface area contributed by atoms with Crippen molar-refractivity contribution in [2.45, 2.75) is 39.2 Å². The zero-order valence-electron chi connectivity index (χ0n) is 11.5. The van der Waals surface area contributed by atoms with Gasteiger partial charge in [0.25, 0.3) is 5.91 Å². The summed E-state index contributed by atoms with van der Waals surface area (Å²) in [6, 6.07) is 4.86. The zero-order chi connectivity index (χ0) is 13.8. The topological polar surface area (TPSA) is 41.1 Å². The largest absolute Gasteiger partial charge is 0.382 e. The van der Waals surface area contributed by atoms with E-state index in [2.05, 4.69) is 17.6 Å². The van der Waals surface area contributed by atoms with Crippen LogP contribution in [0.4, 0.5) is 10.1 Å². The number of hydrogen-bond acceptors (Lipinski definition) is 2. The first-order chi connectivity index (χ1) is 9.11. The van der Waals surface area contributed by atoms with Crippen LogP contribution in [0.3, 0.4) is 0 Å². The third kappa shape index (κ3) is 3.25. The molecule has 0 radical (unpaired) electrons. The lowest BCUT2D eigenvalue weighted by Crippen LogP contribution is -2.43. The highest BCUT2D eigenvalue weighted by atomic mass is 19.1. The first-order valence-corrected chi connectivity index (χ1v) is 6.95. The van der Waals surface area contributed by atoms with Crippen molar-refractivity contribution in [3.8, 4) is 0 Å². The van der Waals surface area contributed by atoms with E-state index in [4.69, 9.17) is 0 Å². The highest BCUT2D eigenvalue weighted by Crippen LogP contribution is 2.27. The fourth-order valence-electron chi connectivity index (χ4n) is 2.43. The molecular weight excluding hydrogens is 243 g/mol. The smallest absolute Gasteiger partial charge is 0.253 e. The van der Waals surface area contributed by atoms with E-state index in [1.54, 1.807) is 12.1 Å². The van der Waals surface area contributed by atoms with Gasteiger partial charge in [-0.15, -0.1) is 0 Å². The van der Waals surface area contributed by atoms with Gasteiger partial charge in [-0.2, -0.15) is 0 Å². The number of carbonyl (C=O) groups excluding carboxylic acids is 1. The molecule has 0 saturated heterocycles. The Hall–Kier alpha value is -1.58. The van der Waals surface area contributed by atoms with E-state index in [0.717, 1.165) is 19.3 Å². The maximum atomic E-state index is 13.8. The fraction of sp³-hybridized carbons (Fsp3) is 0.533. The molecule has 0 aromatic heterocycles. The summed E-state index contributed by atoms with van der Waals surface area (Å²) in [5.41, 5.74) is 0.710. The van der Waals surface area contributed by atoms with Gasteiger partial charge in [-0.05, 0) is 37.3 Å². The van der Waals surface area contributed by atoms with Gasteiger partial charge in [-0.1, -0.05) is 19.9 Å². The van der Waals surface area contributed by atoms with Crippen LogP contribution in [0.1, 0.15) is 43.5 Å². The summed E-state index contributed by atoms with van der Waals surface area (Å²) in [6.45, 7) is 4.82. The lowest BCUT2D eigenvalue weighted by molar-refractivity contribution is 0.0896. The molecular formula is C15H21FN2O. The van der Waals surface area contributed by atoms with E-state index in [-0.39, 0.29) is 17.8 Å². The normalized spacial score (nSPS) is 21.6. The molecule has 2 N–H and O–H groups in total. The van der Waals surface area contributed by atoms with E-state index in [0.29, 0.717) is 23.7 Å². The number of anilines is 1. The second kappa shape index (κ2) is 6.04. The maximum absolute atomic E-state index is 13.8. The number of rotatable bonds is 5. The van der Waals surface area contributed by atoms with Crippen molar-refractivity contribution in [3.63, 3.8) is 0 Å². The highest BCUT2D eigenvalue weighted by molar-refractivity contribution is 5.99. The van der Waals surface area contributed by atoms with Gasteiger partial charge >= 0.3 is 0 Å². The summed E-state index contributed by atoms with van der Waals surface area (Å²) >= 11 is 0. The highest BCUT2D eigenvalue weighted by Gasteiger charge is 2.27. The number of benzene rings is 1. The van der Waals surface area contributed by atoms with Crippen LogP contribution in [-0.4, -0.2) is 18.5 Å². The predicted molar refractivity (Wildman–Crippen MR) is 74.8 cm³/mol. The van der Waals surface area contributed by atoms with Crippen LogP contribution in [0.5, 0.6) is 0 Å². The van der Waals surface area contributed by atoms with Crippen molar-refractivity contribution in [2.75, 3.05) is 11.9 Å². The lowest BCUT2D eigenvalue weighted by atomic mass is 9.82. The number of amides is 1. The standard InChI is InChI=1S/C15H21FN2O/c1-3-7-17-14-12(5-4-6-13(14)16)15(19)18-11-8-10(2)9-11/h4-6,10-11,17H,3,7-9H2,1-2H3,(H,18,19). The molecule has 0 spiro atoms. The molecule has 1 amide bonds. The van der Waals surface area contributed by atoms with E-state index in [9.17, 15) is 9.18 Å². The third-order valence-electron chi connectivity index (χ3n) is 3.52. The maximum Gasteiger partial charge on any atom is 0.253 e. The number of nitrogens with one attached hydrogen (secondary N) is 2. The Kier molecular flexibility index (Phi) is 4.40. The van der Waals surface area contributed by atoms with Gasteiger partial charge in [-0.25, -0.2) is 4.39 Å². The molecule has 19 heavy (non-hydrogen) atoms. The molecule has 1 aliphatic carbocycles. The average Bonchev–Trinajstić information content (AvgIpc) is 2.35. The minimum Gasteiger partial charge on any atom is -0.382 e. The van der Waals surface area contributed by atoms with Crippen molar-refractivity contribution in [2.24, 2.45) is 5.92 Å². The molecule has 1 saturated carbocycles. The minimum absolute atomic E-state index is 0.185. The summed E-state index contributed by atoms with van der Waals surface area (Å²) in [7, 11) is 0. The molecule has 1 aromatic rings. The Morgan fingerprint density at radius 3 is 2.79 bits per heavy atom. The van der Waals surface area contributed by atoms with Crippen LogP contribution in [0.25, 0.3) is 0 Å². The van der Waals surface area contributed by atoms with E-state index in [1.807, 2.05) is 6.92 Å². The summed E-state index contributed by atoms with van der Waals surface area (Å²) in [5.74, 6) is 0.119. The monoisotopic (exact) mass is 264 g/mol. The molecule has 0 atom stereocenters. The second-order valence-electron chi connectivity index (χ2n) is 5.34. The van der Waals surface area contributed by atoms with Gasteiger partial charge in [0.2, 0.25) is 0 Å². The fourth-order valence-corrected chi connectivity index (χ4v) is 2.43. The first kappa shape index (κ1) is 13.8. The Morgan fingerprint density at radius 2 is 2.16 bits per heavy atom. The number of carbonyl (C=O) groups is 1. The van der Waals surface area contributed by atoms with Gasteiger partial charge in [-0.3, -0.25) is 4.79 Å². The molecule has 2 rings (SSSR count). The van der Waals surface area contributed by atoms with Crippen molar-refractivity contribution in [1.29, 1.82) is 0 Å². The molecule has 1 aromatic carbocycles. The van der Waals surface area contributed by atoms with E-state index < -0.39 is 0 Å². The van der Waals surface area contributed by atoms with Gasteiger partial charge < -0.3 is 10.6 Å². The molecule has 104 valence electrons. The average molecular weight is 264 g/mol. The van der Waals surface area contributed by atoms with Crippen LogP contribution in [0.2, 0.25) is 0 Å². The molecule has 0 bridgehead atoms. The number of para-hydroxylation sites is 1. The van der Waals surface area contributed by atoms with Crippen LogP contribution < -0.4 is 10.6 Å². The SMILES string of the molecule is CCCNc1c(F)cccc1C(=O)NC1CC(C)C1. The quantitative estimate of drug-likeness (QED) is 0.857. The number of hydrogen-bond donors (Lipinski definition) is 2. The summed E-state index contributed by atoms with van der Waals surface area (Å²) < 4.78 is 13.8. The molecule has 1 aliphatic rings. The molecule has 0 aliphatic heterocycles. The minimum atomic E-state index is -0.372. The van der Waals surface area contributed by atoms with Crippen molar-refractivity contribution in [1.82, 2.24) is 5.32 Å². The zero-order valence-corrected chi connectivity index (χ0v) is 11.5. The molecule has 1 fully saturated rings. The molecule has 0 heterocycles. The van der Waals surface area contributed by atoms with Crippen molar-refractivity contribution in [3.05, 3.63) is 29.6 Å². The Bertz CT molecular complexity index is 455. The molecule has 0 unspecified atom stereocenters. The van der Waals surface area contributed by atoms with Crippen LogP contribution in [0, 0.1) is 11.7 Å². The Morgan fingerprint density at radius 1 is 1.42 bits per heavy atom.